The van der Waals surface area contributed by atoms with E-state index in [0.717, 1.165) is 37.5 Å². The van der Waals surface area contributed by atoms with Gasteiger partial charge in [0.05, 0.1) is 11.1 Å². The molecule has 0 bridgehead atoms. The zero-order chi connectivity index (χ0) is 16.0. The van der Waals surface area contributed by atoms with Crippen molar-refractivity contribution >= 4 is 11.6 Å². The van der Waals surface area contributed by atoms with E-state index < -0.39 is 17.6 Å². The molecule has 1 amide bonds. The van der Waals surface area contributed by atoms with Gasteiger partial charge >= 0.3 is 6.18 Å². The molecule has 3 nitrogen and oxygen atoms in total. The van der Waals surface area contributed by atoms with E-state index in [0.29, 0.717) is 12.5 Å². The molecule has 0 fully saturated rings. The van der Waals surface area contributed by atoms with E-state index in [1.54, 1.807) is 0 Å². The van der Waals surface area contributed by atoms with Crippen molar-refractivity contribution in [1.29, 1.82) is 0 Å². The SMILES string of the molecule is CCCC(C)CCNc1cc(C(F)(F)F)ccc1C(N)=O. The number of carbonyl (C=O) groups excluding carboxylic acids is 1. The summed E-state index contributed by atoms with van der Waals surface area (Å²) in [5.74, 6) is -0.266. The second kappa shape index (κ2) is 7.33. The molecule has 0 radical (unpaired) electrons. The number of nitrogens with one attached hydrogen (secondary N) is 1. The maximum atomic E-state index is 12.7. The van der Waals surface area contributed by atoms with E-state index in [1.165, 1.54) is 0 Å². The summed E-state index contributed by atoms with van der Waals surface area (Å²) in [7, 11) is 0. The topological polar surface area (TPSA) is 55.1 Å². The van der Waals surface area contributed by atoms with Crippen LogP contribution in [0.3, 0.4) is 0 Å². The van der Waals surface area contributed by atoms with Gasteiger partial charge in [-0.1, -0.05) is 26.7 Å². The van der Waals surface area contributed by atoms with Crippen LogP contribution >= 0.6 is 0 Å². The number of halogens is 3. The average molecular weight is 302 g/mol. The highest BCUT2D eigenvalue weighted by molar-refractivity contribution is 5.98. The minimum Gasteiger partial charge on any atom is -0.384 e. The fraction of sp³-hybridized carbons (Fsp3) is 0.533. The highest BCUT2D eigenvalue weighted by atomic mass is 19.4. The van der Waals surface area contributed by atoms with Crippen LogP contribution in [-0.4, -0.2) is 12.5 Å². The van der Waals surface area contributed by atoms with Gasteiger partial charge in [0, 0.05) is 12.2 Å². The van der Waals surface area contributed by atoms with Crippen molar-refractivity contribution in [2.45, 2.75) is 39.3 Å². The van der Waals surface area contributed by atoms with Gasteiger partial charge in [0.2, 0.25) is 0 Å². The number of anilines is 1. The summed E-state index contributed by atoms with van der Waals surface area (Å²) in [5, 5.41) is 2.90. The normalized spacial score (nSPS) is 13.0. The monoisotopic (exact) mass is 302 g/mol. The van der Waals surface area contributed by atoms with Gasteiger partial charge in [-0.25, -0.2) is 0 Å². The molecule has 6 heteroatoms. The number of hydrogen-bond acceptors (Lipinski definition) is 2. The summed E-state index contributed by atoms with van der Waals surface area (Å²) in [4.78, 5) is 11.3. The Kier molecular flexibility index (Phi) is 6.05. The van der Waals surface area contributed by atoms with Gasteiger partial charge in [-0.15, -0.1) is 0 Å². The van der Waals surface area contributed by atoms with Crippen molar-refractivity contribution in [2.75, 3.05) is 11.9 Å². The third kappa shape index (κ3) is 5.28. The molecule has 1 rings (SSSR count). The van der Waals surface area contributed by atoms with E-state index in [2.05, 4.69) is 19.2 Å². The zero-order valence-corrected chi connectivity index (χ0v) is 12.3. The molecule has 0 saturated carbocycles. The second-order valence-corrected chi connectivity index (χ2v) is 5.23. The van der Waals surface area contributed by atoms with Gasteiger partial charge in [0.15, 0.2) is 0 Å². The predicted molar refractivity (Wildman–Crippen MR) is 77.1 cm³/mol. The zero-order valence-electron chi connectivity index (χ0n) is 12.3. The standard InChI is InChI=1S/C15H21F3N2O/c1-3-4-10(2)7-8-20-13-9-11(15(16,17)18)5-6-12(13)14(19)21/h5-6,9-10,20H,3-4,7-8H2,1-2H3,(H2,19,21). The molecule has 0 aromatic heterocycles. The lowest BCUT2D eigenvalue weighted by Gasteiger charge is -2.15. The Morgan fingerprint density at radius 1 is 1.33 bits per heavy atom. The van der Waals surface area contributed by atoms with Crippen LogP contribution in [0.15, 0.2) is 18.2 Å². The number of rotatable bonds is 7. The number of alkyl halides is 3. The first-order valence-corrected chi connectivity index (χ1v) is 7.00. The molecule has 1 aromatic carbocycles. The van der Waals surface area contributed by atoms with Gasteiger partial charge in [-0.3, -0.25) is 4.79 Å². The molecule has 21 heavy (non-hydrogen) atoms. The molecule has 0 aliphatic carbocycles. The van der Waals surface area contributed by atoms with Crippen LogP contribution in [0.4, 0.5) is 18.9 Å². The third-order valence-electron chi connectivity index (χ3n) is 3.35. The minimum absolute atomic E-state index is 0.0751. The van der Waals surface area contributed by atoms with E-state index in [9.17, 15) is 18.0 Å². The Hall–Kier alpha value is -1.72. The van der Waals surface area contributed by atoms with Crippen LogP contribution in [0.25, 0.3) is 0 Å². The van der Waals surface area contributed by atoms with E-state index in [1.807, 2.05) is 0 Å². The lowest BCUT2D eigenvalue weighted by molar-refractivity contribution is -0.137. The van der Waals surface area contributed by atoms with Gasteiger partial charge < -0.3 is 11.1 Å². The van der Waals surface area contributed by atoms with Crippen molar-refractivity contribution < 1.29 is 18.0 Å². The molecule has 1 atom stereocenters. The number of primary amides is 1. The number of nitrogens with two attached hydrogens (primary N) is 1. The smallest absolute Gasteiger partial charge is 0.384 e. The fourth-order valence-electron chi connectivity index (χ4n) is 2.17. The average Bonchev–Trinajstić information content (AvgIpc) is 2.37. The van der Waals surface area contributed by atoms with E-state index in [4.69, 9.17) is 5.73 Å². The third-order valence-corrected chi connectivity index (χ3v) is 3.35. The Labute approximate surface area is 122 Å². The van der Waals surface area contributed by atoms with Crippen LogP contribution in [0.1, 0.15) is 49.0 Å². The second-order valence-electron chi connectivity index (χ2n) is 5.23. The molecule has 0 saturated heterocycles. The van der Waals surface area contributed by atoms with E-state index >= 15 is 0 Å². The number of hydrogen-bond donors (Lipinski definition) is 2. The first-order chi connectivity index (χ1) is 9.75. The van der Waals surface area contributed by atoms with Gasteiger partial charge in [0.25, 0.3) is 5.91 Å². The maximum absolute atomic E-state index is 12.7. The number of amides is 1. The highest BCUT2D eigenvalue weighted by Crippen LogP contribution is 2.32. The Morgan fingerprint density at radius 3 is 2.52 bits per heavy atom. The van der Waals surface area contributed by atoms with Crippen molar-refractivity contribution in [3.8, 4) is 0 Å². The van der Waals surface area contributed by atoms with Crippen LogP contribution < -0.4 is 11.1 Å². The Balaban J connectivity index is 2.84. The van der Waals surface area contributed by atoms with Crippen molar-refractivity contribution in [2.24, 2.45) is 11.7 Å². The lowest BCUT2D eigenvalue weighted by atomic mass is 10.0. The quantitative estimate of drug-likeness (QED) is 0.798. The molecule has 3 N–H and O–H groups in total. The van der Waals surface area contributed by atoms with Crippen molar-refractivity contribution in [3.05, 3.63) is 29.3 Å². The molecular weight excluding hydrogens is 281 g/mol. The fourth-order valence-corrected chi connectivity index (χ4v) is 2.17. The first kappa shape index (κ1) is 17.3. The van der Waals surface area contributed by atoms with Crippen LogP contribution in [0, 0.1) is 5.92 Å². The summed E-state index contributed by atoms with van der Waals surface area (Å²) < 4.78 is 38.1. The largest absolute Gasteiger partial charge is 0.416 e. The van der Waals surface area contributed by atoms with E-state index in [-0.39, 0.29) is 11.3 Å². The van der Waals surface area contributed by atoms with Crippen LogP contribution in [0.5, 0.6) is 0 Å². The number of benzene rings is 1. The van der Waals surface area contributed by atoms with Gasteiger partial charge in [-0.2, -0.15) is 13.2 Å². The number of carbonyl (C=O) groups is 1. The van der Waals surface area contributed by atoms with Crippen molar-refractivity contribution in [1.82, 2.24) is 0 Å². The molecule has 1 unspecified atom stereocenters. The Bertz CT molecular complexity index is 486. The summed E-state index contributed by atoms with van der Waals surface area (Å²) in [6.45, 7) is 4.68. The summed E-state index contributed by atoms with van der Waals surface area (Å²) in [6.07, 6.45) is -1.49. The van der Waals surface area contributed by atoms with Crippen LogP contribution in [0.2, 0.25) is 0 Å². The predicted octanol–water partition coefficient (Wildman–Crippen LogP) is 4.04. The lowest BCUT2D eigenvalue weighted by Crippen LogP contribution is -2.17. The van der Waals surface area contributed by atoms with Crippen molar-refractivity contribution in [3.63, 3.8) is 0 Å². The van der Waals surface area contributed by atoms with Gasteiger partial charge in [0.1, 0.15) is 0 Å². The summed E-state index contributed by atoms with van der Waals surface area (Å²) >= 11 is 0. The molecule has 0 aliphatic rings. The molecular formula is C15H21F3N2O. The summed E-state index contributed by atoms with van der Waals surface area (Å²) in [6, 6.07) is 2.92. The maximum Gasteiger partial charge on any atom is 0.416 e. The van der Waals surface area contributed by atoms with Crippen LogP contribution in [-0.2, 0) is 6.18 Å². The minimum atomic E-state index is -4.44. The molecule has 0 heterocycles. The molecule has 0 aliphatic heterocycles. The highest BCUT2D eigenvalue weighted by Gasteiger charge is 2.31. The molecule has 118 valence electrons. The summed E-state index contributed by atoms with van der Waals surface area (Å²) in [5.41, 5.74) is 4.61. The van der Waals surface area contributed by atoms with Gasteiger partial charge in [-0.05, 0) is 30.5 Å². The first-order valence-electron chi connectivity index (χ1n) is 7.00. The Morgan fingerprint density at radius 2 is 2.00 bits per heavy atom. The molecule has 1 aromatic rings. The molecule has 0 spiro atoms.